The predicted octanol–water partition coefficient (Wildman–Crippen LogP) is 4.59. The molecule has 27 heavy (non-hydrogen) atoms. The van der Waals surface area contributed by atoms with Gasteiger partial charge in [-0.2, -0.15) is 0 Å². The summed E-state index contributed by atoms with van der Waals surface area (Å²) in [6.07, 6.45) is 0. The number of benzene rings is 2. The van der Waals surface area contributed by atoms with E-state index in [-0.39, 0.29) is 11.8 Å². The maximum absolute atomic E-state index is 12.9. The van der Waals surface area contributed by atoms with Crippen molar-refractivity contribution in [2.24, 2.45) is 0 Å². The summed E-state index contributed by atoms with van der Waals surface area (Å²) >= 11 is 0. The molecule has 5 heteroatoms. The molecule has 0 spiro atoms. The van der Waals surface area contributed by atoms with Crippen molar-refractivity contribution in [2.45, 2.75) is 34.2 Å². The van der Waals surface area contributed by atoms with E-state index in [1.807, 2.05) is 57.2 Å². The van der Waals surface area contributed by atoms with E-state index in [9.17, 15) is 9.59 Å². The summed E-state index contributed by atoms with van der Waals surface area (Å²) in [7, 11) is 1.73. The van der Waals surface area contributed by atoms with Gasteiger partial charge in [0.1, 0.15) is 5.58 Å². The number of hydrogen-bond acceptors (Lipinski definition) is 3. The Morgan fingerprint density at radius 1 is 1.04 bits per heavy atom. The zero-order valence-corrected chi connectivity index (χ0v) is 16.3. The number of carbonyl (C=O) groups excluding carboxylic acids is 2. The Bertz CT molecular complexity index is 1030. The Hall–Kier alpha value is -3.08. The minimum absolute atomic E-state index is 0.0322. The molecule has 3 rings (SSSR count). The van der Waals surface area contributed by atoms with Crippen molar-refractivity contribution in [1.82, 2.24) is 4.90 Å². The molecule has 0 unspecified atom stereocenters. The quantitative estimate of drug-likeness (QED) is 0.736. The molecule has 0 saturated heterocycles. The Labute approximate surface area is 159 Å². The monoisotopic (exact) mass is 364 g/mol. The molecule has 1 N–H and O–H groups in total. The molecule has 0 aliphatic rings. The van der Waals surface area contributed by atoms with Crippen LogP contribution < -0.4 is 5.32 Å². The molecule has 0 bridgehead atoms. The fourth-order valence-electron chi connectivity index (χ4n) is 3.22. The first-order valence-electron chi connectivity index (χ1n) is 8.90. The molecule has 0 aliphatic carbocycles. The first-order valence-corrected chi connectivity index (χ1v) is 8.90. The van der Waals surface area contributed by atoms with Crippen molar-refractivity contribution in [1.29, 1.82) is 0 Å². The Morgan fingerprint density at radius 3 is 2.37 bits per heavy atom. The number of fused-ring (bicyclic) bond motifs is 1. The van der Waals surface area contributed by atoms with Crippen LogP contribution in [0.2, 0.25) is 0 Å². The smallest absolute Gasteiger partial charge is 0.291 e. The zero-order valence-electron chi connectivity index (χ0n) is 16.3. The number of furan rings is 1. The van der Waals surface area contributed by atoms with E-state index in [1.54, 1.807) is 11.9 Å². The predicted molar refractivity (Wildman–Crippen MR) is 107 cm³/mol. The second-order valence-electron chi connectivity index (χ2n) is 6.95. The van der Waals surface area contributed by atoms with E-state index in [1.165, 1.54) is 6.92 Å². The van der Waals surface area contributed by atoms with Gasteiger partial charge < -0.3 is 14.6 Å². The summed E-state index contributed by atoms with van der Waals surface area (Å²) in [6, 6.07) is 11.5. The lowest BCUT2D eigenvalue weighted by molar-refractivity contribution is -0.128. The van der Waals surface area contributed by atoms with E-state index < -0.39 is 0 Å². The highest BCUT2D eigenvalue weighted by atomic mass is 16.3. The fraction of sp³-hybridized carbons (Fsp3) is 0.273. The van der Waals surface area contributed by atoms with E-state index in [2.05, 4.69) is 5.32 Å². The molecule has 5 nitrogen and oxygen atoms in total. The molecular weight excluding hydrogens is 340 g/mol. The van der Waals surface area contributed by atoms with Gasteiger partial charge in [-0.25, -0.2) is 0 Å². The SMILES string of the molecule is CC(=O)N(C)Cc1ccccc1NC(=O)c1oc2c(C)ccc(C)c2c1C. The third-order valence-electron chi connectivity index (χ3n) is 4.90. The van der Waals surface area contributed by atoms with Crippen molar-refractivity contribution in [2.75, 3.05) is 12.4 Å². The van der Waals surface area contributed by atoms with Gasteiger partial charge >= 0.3 is 0 Å². The van der Waals surface area contributed by atoms with Gasteiger partial charge in [0, 0.05) is 37.2 Å². The maximum Gasteiger partial charge on any atom is 0.291 e. The van der Waals surface area contributed by atoms with Crippen LogP contribution in [0, 0.1) is 20.8 Å². The van der Waals surface area contributed by atoms with Gasteiger partial charge in [0.05, 0.1) is 0 Å². The number of nitrogens with zero attached hydrogens (tertiary/aromatic N) is 1. The standard InChI is InChI=1S/C22H24N2O3/c1-13-10-11-14(2)20-19(13)15(3)21(27-20)22(26)23-18-9-7-6-8-17(18)12-24(5)16(4)25/h6-11H,12H2,1-5H3,(H,23,26). The molecule has 140 valence electrons. The van der Waals surface area contributed by atoms with Crippen LogP contribution in [0.3, 0.4) is 0 Å². The van der Waals surface area contributed by atoms with Crippen molar-refractivity contribution in [3.05, 3.63) is 64.4 Å². The van der Waals surface area contributed by atoms with Gasteiger partial charge in [0.2, 0.25) is 5.91 Å². The average Bonchev–Trinajstić information content (AvgIpc) is 2.98. The summed E-state index contributed by atoms with van der Waals surface area (Å²) < 4.78 is 5.93. The third-order valence-corrected chi connectivity index (χ3v) is 4.90. The third kappa shape index (κ3) is 3.58. The zero-order chi connectivity index (χ0) is 19.7. The fourth-order valence-corrected chi connectivity index (χ4v) is 3.22. The summed E-state index contributed by atoms with van der Waals surface area (Å²) in [4.78, 5) is 26.0. The van der Waals surface area contributed by atoms with E-state index in [0.29, 0.717) is 18.0 Å². The lowest BCUT2D eigenvalue weighted by Gasteiger charge is -2.17. The lowest BCUT2D eigenvalue weighted by Crippen LogP contribution is -2.24. The molecule has 0 fully saturated rings. The number of hydrogen-bond donors (Lipinski definition) is 1. The Morgan fingerprint density at radius 2 is 1.70 bits per heavy atom. The van der Waals surface area contributed by atoms with Crippen LogP contribution in [0.5, 0.6) is 0 Å². The minimum Gasteiger partial charge on any atom is -0.450 e. The normalized spacial score (nSPS) is 10.9. The highest BCUT2D eigenvalue weighted by Gasteiger charge is 2.21. The van der Waals surface area contributed by atoms with Crippen molar-refractivity contribution in [3.63, 3.8) is 0 Å². The number of anilines is 1. The number of para-hydroxylation sites is 1. The van der Waals surface area contributed by atoms with E-state index in [0.717, 1.165) is 33.2 Å². The summed E-state index contributed by atoms with van der Waals surface area (Å²) in [6.45, 7) is 7.83. The molecule has 0 radical (unpaired) electrons. The molecule has 0 saturated carbocycles. The Balaban J connectivity index is 1.94. The van der Waals surface area contributed by atoms with Crippen LogP contribution >= 0.6 is 0 Å². The highest BCUT2D eigenvalue weighted by molar-refractivity contribution is 6.07. The van der Waals surface area contributed by atoms with Crippen LogP contribution in [-0.4, -0.2) is 23.8 Å². The summed E-state index contributed by atoms with van der Waals surface area (Å²) in [5.41, 5.74) is 5.21. The largest absolute Gasteiger partial charge is 0.450 e. The molecule has 0 aliphatic heterocycles. The van der Waals surface area contributed by atoms with Crippen molar-refractivity contribution >= 4 is 28.5 Å². The second kappa shape index (κ2) is 7.27. The lowest BCUT2D eigenvalue weighted by atomic mass is 10.0. The molecule has 2 amide bonds. The van der Waals surface area contributed by atoms with Crippen LogP contribution in [0.4, 0.5) is 5.69 Å². The van der Waals surface area contributed by atoms with Gasteiger partial charge in [-0.1, -0.05) is 30.3 Å². The average molecular weight is 364 g/mol. The van der Waals surface area contributed by atoms with Gasteiger partial charge in [-0.15, -0.1) is 0 Å². The molecule has 0 atom stereocenters. The van der Waals surface area contributed by atoms with Gasteiger partial charge in [0.15, 0.2) is 5.76 Å². The molecular formula is C22H24N2O3. The molecule has 1 heterocycles. The number of amides is 2. The van der Waals surface area contributed by atoms with E-state index >= 15 is 0 Å². The van der Waals surface area contributed by atoms with Gasteiger partial charge in [0.25, 0.3) is 5.91 Å². The van der Waals surface area contributed by atoms with Crippen molar-refractivity contribution < 1.29 is 14.0 Å². The molecule has 1 aromatic heterocycles. The molecule has 2 aromatic carbocycles. The number of nitrogens with one attached hydrogen (secondary N) is 1. The number of carbonyl (C=O) groups is 2. The first kappa shape index (κ1) is 18.7. The summed E-state index contributed by atoms with van der Waals surface area (Å²) in [5.74, 6) is -0.00670. The molecule has 3 aromatic rings. The van der Waals surface area contributed by atoms with Crippen LogP contribution in [-0.2, 0) is 11.3 Å². The topological polar surface area (TPSA) is 62.6 Å². The minimum atomic E-state index is -0.291. The first-order chi connectivity index (χ1) is 12.8. The van der Waals surface area contributed by atoms with Gasteiger partial charge in [-0.05, 0) is 43.5 Å². The van der Waals surface area contributed by atoms with Gasteiger partial charge in [-0.3, -0.25) is 9.59 Å². The van der Waals surface area contributed by atoms with E-state index in [4.69, 9.17) is 4.42 Å². The number of aryl methyl sites for hydroxylation is 3. The van der Waals surface area contributed by atoms with Crippen LogP contribution in [0.1, 0.15) is 39.7 Å². The van der Waals surface area contributed by atoms with Crippen LogP contribution in [0.15, 0.2) is 40.8 Å². The van der Waals surface area contributed by atoms with Crippen molar-refractivity contribution in [3.8, 4) is 0 Å². The second-order valence-corrected chi connectivity index (χ2v) is 6.95. The highest BCUT2D eigenvalue weighted by Crippen LogP contribution is 2.31. The van der Waals surface area contributed by atoms with Crippen LogP contribution in [0.25, 0.3) is 11.0 Å². The number of rotatable bonds is 4. The summed E-state index contributed by atoms with van der Waals surface area (Å²) in [5, 5.41) is 3.93. The maximum atomic E-state index is 12.9. The Kier molecular flexibility index (Phi) is 5.04.